The Morgan fingerprint density at radius 2 is 1.67 bits per heavy atom. The molecule has 0 aliphatic rings. The van der Waals surface area contributed by atoms with Crippen LogP contribution in [0.5, 0.6) is 0 Å². The molecule has 27 heavy (non-hydrogen) atoms. The summed E-state index contributed by atoms with van der Waals surface area (Å²) in [6.45, 7) is 3.98. The molecule has 3 rings (SSSR count). The largest absolute Gasteiger partial charge is 0.416 e. The van der Waals surface area contributed by atoms with Crippen molar-refractivity contribution in [3.63, 3.8) is 0 Å². The number of aromatic nitrogens is 1. The highest BCUT2D eigenvalue weighted by atomic mass is 19.4. The third-order valence-electron chi connectivity index (χ3n) is 4.16. The lowest BCUT2D eigenvalue weighted by Crippen LogP contribution is -2.12. The molecule has 0 bridgehead atoms. The van der Waals surface area contributed by atoms with E-state index in [-0.39, 0.29) is 5.69 Å². The molecule has 2 aromatic carbocycles. The van der Waals surface area contributed by atoms with Crippen LogP contribution in [0.1, 0.15) is 27.0 Å². The van der Waals surface area contributed by atoms with E-state index in [9.17, 15) is 18.0 Å². The van der Waals surface area contributed by atoms with Gasteiger partial charge in [0.15, 0.2) is 0 Å². The second kappa shape index (κ2) is 7.23. The van der Waals surface area contributed by atoms with Gasteiger partial charge < -0.3 is 5.32 Å². The molecule has 0 fully saturated rings. The number of nitrogens with zero attached hydrogens (tertiary/aromatic N) is 1. The Bertz CT molecular complexity index is 962. The molecule has 1 N–H and O–H groups in total. The number of carbonyl (C=O) groups is 1. The smallest absolute Gasteiger partial charge is 0.322 e. The summed E-state index contributed by atoms with van der Waals surface area (Å²) in [5.41, 5.74) is 3.78. The minimum absolute atomic E-state index is 0.284. The van der Waals surface area contributed by atoms with Crippen LogP contribution < -0.4 is 5.32 Å². The average Bonchev–Trinajstić information content (AvgIpc) is 2.63. The Balaban J connectivity index is 1.75. The zero-order chi connectivity index (χ0) is 19.6. The van der Waals surface area contributed by atoms with Gasteiger partial charge in [-0.15, -0.1) is 0 Å². The quantitative estimate of drug-likeness (QED) is 0.649. The Morgan fingerprint density at radius 1 is 0.963 bits per heavy atom. The average molecular weight is 370 g/mol. The number of halogens is 3. The van der Waals surface area contributed by atoms with Crippen molar-refractivity contribution in [1.82, 2.24) is 4.98 Å². The zero-order valence-electron chi connectivity index (χ0n) is 14.8. The number of pyridine rings is 1. The summed E-state index contributed by atoms with van der Waals surface area (Å²) in [6, 6.07) is 13.8. The second-order valence-corrected chi connectivity index (χ2v) is 6.28. The molecule has 1 amide bonds. The van der Waals surface area contributed by atoms with Crippen molar-refractivity contribution < 1.29 is 18.0 Å². The summed E-state index contributed by atoms with van der Waals surface area (Å²) in [7, 11) is 0. The maximum absolute atomic E-state index is 12.6. The van der Waals surface area contributed by atoms with Crippen LogP contribution in [0, 0.1) is 13.8 Å². The molecule has 0 saturated carbocycles. The van der Waals surface area contributed by atoms with Gasteiger partial charge in [0.1, 0.15) is 0 Å². The van der Waals surface area contributed by atoms with Gasteiger partial charge in [-0.1, -0.05) is 17.7 Å². The standard InChI is InChI=1S/C21H17F3N2O/c1-13-3-4-14(2)18(11-13)19-10-5-15(12-25-19)20(27)26-17-8-6-16(7-9-17)21(22,23)24/h3-12H,1-2H3,(H,26,27). The van der Waals surface area contributed by atoms with Gasteiger partial charge in [-0.25, -0.2) is 0 Å². The van der Waals surface area contributed by atoms with E-state index in [0.717, 1.165) is 34.5 Å². The number of hydrogen-bond donors (Lipinski definition) is 1. The van der Waals surface area contributed by atoms with Crippen molar-refractivity contribution in [2.45, 2.75) is 20.0 Å². The van der Waals surface area contributed by atoms with E-state index in [1.807, 2.05) is 32.0 Å². The van der Waals surface area contributed by atoms with Crippen molar-refractivity contribution >= 4 is 11.6 Å². The van der Waals surface area contributed by atoms with Crippen molar-refractivity contribution in [3.8, 4) is 11.3 Å². The van der Waals surface area contributed by atoms with Crippen LogP contribution in [0.4, 0.5) is 18.9 Å². The van der Waals surface area contributed by atoms with Gasteiger partial charge in [-0.05, 0) is 61.9 Å². The maximum atomic E-state index is 12.6. The monoisotopic (exact) mass is 370 g/mol. The maximum Gasteiger partial charge on any atom is 0.416 e. The molecule has 1 aromatic heterocycles. The van der Waals surface area contributed by atoms with Crippen molar-refractivity contribution in [1.29, 1.82) is 0 Å². The summed E-state index contributed by atoms with van der Waals surface area (Å²) >= 11 is 0. The topological polar surface area (TPSA) is 42.0 Å². The summed E-state index contributed by atoms with van der Waals surface area (Å²) < 4.78 is 37.7. The molecule has 0 saturated heterocycles. The lowest BCUT2D eigenvalue weighted by atomic mass is 10.0. The molecule has 0 aliphatic carbocycles. The van der Waals surface area contributed by atoms with Gasteiger partial charge in [0, 0.05) is 17.4 Å². The molecule has 3 aromatic rings. The van der Waals surface area contributed by atoms with Crippen molar-refractivity contribution in [3.05, 3.63) is 83.0 Å². The fourth-order valence-electron chi connectivity index (χ4n) is 2.65. The minimum Gasteiger partial charge on any atom is -0.322 e. The van der Waals surface area contributed by atoms with Gasteiger partial charge in [0.25, 0.3) is 5.91 Å². The van der Waals surface area contributed by atoms with E-state index >= 15 is 0 Å². The Hall–Kier alpha value is -3.15. The molecule has 1 heterocycles. The number of alkyl halides is 3. The SMILES string of the molecule is Cc1ccc(C)c(-c2ccc(C(=O)Nc3ccc(C(F)(F)F)cc3)cn2)c1. The van der Waals surface area contributed by atoms with E-state index in [4.69, 9.17) is 0 Å². The van der Waals surface area contributed by atoms with Gasteiger partial charge in [-0.3, -0.25) is 9.78 Å². The second-order valence-electron chi connectivity index (χ2n) is 6.28. The summed E-state index contributed by atoms with van der Waals surface area (Å²) in [4.78, 5) is 16.6. The third kappa shape index (κ3) is 4.34. The Labute approximate surface area is 154 Å². The number of hydrogen-bond acceptors (Lipinski definition) is 2. The third-order valence-corrected chi connectivity index (χ3v) is 4.16. The zero-order valence-corrected chi connectivity index (χ0v) is 14.8. The van der Waals surface area contributed by atoms with E-state index in [2.05, 4.69) is 10.3 Å². The molecule has 0 aliphatic heterocycles. The normalized spacial score (nSPS) is 11.3. The molecule has 0 unspecified atom stereocenters. The fourth-order valence-corrected chi connectivity index (χ4v) is 2.65. The molecule has 0 atom stereocenters. The summed E-state index contributed by atoms with van der Waals surface area (Å²) in [6.07, 6.45) is -2.95. The van der Waals surface area contributed by atoms with Crippen LogP contribution in [-0.2, 0) is 6.18 Å². The number of nitrogens with one attached hydrogen (secondary N) is 1. The van der Waals surface area contributed by atoms with Crippen LogP contribution >= 0.6 is 0 Å². The van der Waals surface area contributed by atoms with E-state index in [1.165, 1.54) is 18.3 Å². The van der Waals surface area contributed by atoms with E-state index in [0.29, 0.717) is 5.56 Å². The number of rotatable bonds is 3. The molecule has 6 heteroatoms. The van der Waals surface area contributed by atoms with E-state index in [1.54, 1.807) is 12.1 Å². The molecule has 3 nitrogen and oxygen atoms in total. The lowest BCUT2D eigenvalue weighted by Gasteiger charge is -2.10. The molecular formula is C21H17F3N2O. The first-order chi connectivity index (χ1) is 12.7. The van der Waals surface area contributed by atoms with Crippen molar-refractivity contribution in [2.24, 2.45) is 0 Å². The highest BCUT2D eigenvalue weighted by molar-refractivity contribution is 6.04. The van der Waals surface area contributed by atoms with Crippen LogP contribution in [0.15, 0.2) is 60.8 Å². The summed E-state index contributed by atoms with van der Waals surface area (Å²) in [5.74, 6) is -0.435. The number of carbonyl (C=O) groups excluding carboxylic acids is 1. The predicted molar refractivity (Wildman–Crippen MR) is 98.5 cm³/mol. The molecule has 0 radical (unpaired) electrons. The van der Waals surface area contributed by atoms with E-state index < -0.39 is 17.6 Å². The first-order valence-corrected chi connectivity index (χ1v) is 8.26. The van der Waals surface area contributed by atoms with Gasteiger partial charge >= 0.3 is 6.18 Å². The molecule has 138 valence electrons. The Morgan fingerprint density at radius 3 is 2.26 bits per heavy atom. The number of aryl methyl sites for hydroxylation is 2. The lowest BCUT2D eigenvalue weighted by molar-refractivity contribution is -0.137. The van der Waals surface area contributed by atoms with Gasteiger partial charge in [-0.2, -0.15) is 13.2 Å². The van der Waals surface area contributed by atoms with Crippen LogP contribution in [-0.4, -0.2) is 10.9 Å². The number of amides is 1. The molecule has 0 spiro atoms. The van der Waals surface area contributed by atoms with Gasteiger partial charge in [0.2, 0.25) is 0 Å². The Kier molecular flexibility index (Phi) is 4.99. The van der Waals surface area contributed by atoms with Crippen LogP contribution in [0.3, 0.4) is 0 Å². The highest BCUT2D eigenvalue weighted by Crippen LogP contribution is 2.30. The first kappa shape index (κ1) is 18.6. The summed E-state index contributed by atoms with van der Waals surface area (Å²) in [5, 5.41) is 2.57. The number of benzene rings is 2. The van der Waals surface area contributed by atoms with Gasteiger partial charge in [0.05, 0.1) is 16.8 Å². The minimum atomic E-state index is -4.41. The van der Waals surface area contributed by atoms with Crippen LogP contribution in [0.2, 0.25) is 0 Å². The van der Waals surface area contributed by atoms with Crippen molar-refractivity contribution in [2.75, 3.05) is 5.32 Å². The van der Waals surface area contributed by atoms with Crippen LogP contribution in [0.25, 0.3) is 11.3 Å². The first-order valence-electron chi connectivity index (χ1n) is 8.26. The molecular weight excluding hydrogens is 353 g/mol. The highest BCUT2D eigenvalue weighted by Gasteiger charge is 2.30. The predicted octanol–water partition coefficient (Wildman–Crippen LogP) is 5.64. The number of anilines is 1. The fraction of sp³-hybridized carbons (Fsp3) is 0.143.